The smallest absolute Gasteiger partial charge is 0.406 e. The zero-order chi connectivity index (χ0) is 8.27. The molecule has 1 saturated heterocycles. The molecule has 0 N–H and O–H groups in total. The lowest BCUT2D eigenvalue weighted by atomic mass is 9.83. The molecule has 0 bridgehead atoms. The summed E-state index contributed by atoms with van der Waals surface area (Å²) < 4.78 is 11.1. The van der Waals surface area contributed by atoms with Crippen molar-refractivity contribution in [2.24, 2.45) is 0 Å². The van der Waals surface area contributed by atoms with Crippen molar-refractivity contribution >= 4 is 7.12 Å². The molecule has 2 atom stereocenters. The molecule has 1 aliphatic rings. The average molecular weight is 156 g/mol. The van der Waals surface area contributed by atoms with Crippen molar-refractivity contribution in [3.8, 4) is 0 Å². The van der Waals surface area contributed by atoms with Gasteiger partial charge in [0.05, 0.1) is 12.2 Å². The van der Waals surface area contributed by atoms with Crippen LogP contribution in [0.15, 0.2) is 0 Å². The molecular weight excluding hydrogens is 139 g/mol. The molecule has 1 rings (SSSR count). The summed E-state index contributed by atoms with van der Waals surface area (Å²) in [6.07, 6.45) is 4.01. The molecule has 1 fully saturated rings. The van der Waals surface area contributed by atoms with E-state index in [1.54, 1.807) is 0 Å². The van der Waals surface area contributed by atoms with Gasteiger partial charge in [-0.2, -0.15) is 0 Å². The summed E-state index contributed by atoms with van der Waals surface area (Å²) in [6, 6.07) is 0. The van der Waals surface area contributed by atoms with Gasteiger partial charge < -0.3 is 9.31 Å². The predicted molar refractivity (Wildman–Crippen MR) is 46.6 cm³/mol. The van der Waals surface area contributed by atoms with Gasteiger partial charge in [-0.3, -0.25) is 0 Å². The van der Waals surface area contributed by atoms with Gasteiger partial charge >= 0.3 is 7.12 Å². The monoisotopic (exact) mass is 156 g/mol. The van der Waals surface area contributed by atoms with Crippen LogP contribution < -0.4 is 0 Å². The Kier molecular flexibility index (Phi) is 3.40. The van der Waals surface area contributed by atoms with Gasteiger partial charge in [-0.25, -0.2) is 0 Å². The van der Waals surface area contributed by atoms with Crippen LogP contribution in [0.4, 0.5) is 0 Å². The average Bonchev–Trinajstić information content (AvgIpc) is 2.28. The Bertz CT molecular complexity index is 109. The minimum Gasteiger partial charge on any atom is -0.406 e. The van der Waals surface area contributed by atoms with Crippen molar-refractivity contribution < 1.29 is 9.31 Å². The van der Waals surface area contributed by atoms with Gasteiger partial charge in [0.1, 0.15) is 0 Å². The molecule has 64 valence electrons. The van der Waals surface area contributed by atoms with E-state index in [0.29, 0.717) is 0 Å². The molecule has 0 saturated carbocycles. The normalized spacial score (nSPS) is 31.4. The van der Waals surface area contributed by atoms with Crippen molar-refractivity contribution in [2.45, 2.75) is 52.1 Å². The molecule has 0 radical (unpaired) electrons. The highest BCUT2D eigenvalue weighted by atomic mass is 16.6. The summed E-state index contributed by atoms with van der Waals surface area (Å²) in [4.78, 5) is 0. The third-order valence-electron chi connectivity index (χ3n) is 2.19. The molecule has 0 spiro atoms. The molecule has 1 heterocycles. The fourth-order valence-electron chi connectivity index (χ4n) is 1.24. The summed E-state index contributed by atoms with van der Waals surface area (Å²) in [5, 5.41) is 0. The maximum absolute atomic E-state index is 5.55. The van der Waals surface area contributed by atoms with Gasteiger partial charge in [-0.1, -0.05) is 19.8 Å². The Morgan fingerprint density at radius 3 is 2.18 bits per heavy atom. The molecule has 0 aromatic heterocycles. The predicted octanol–water partition coefficient (Wildman–Crippen LogP) is 2.10. The Morgan fingerprint density at radius 2 is 1.73 bits per heavy atom. The molecule has 11 heavy (non-hydrogen) atoms. The highest BCUT2D eigenvalue weighted by molar-refractivity contribution is 6.45. The van der Waals surface area contributed by atoms with Gasteiger partial charge in [-0.15, -0.1) is 0 Å². The van der Waals surface area contributed by atoms with E-state index >= 15 is 0 Å². The summed E-state index contributed by atoms with van der Waals surface area (Å²) in [6.45, 7) is 6.31. The highest BCUT2D eigenvalue weighted by Crippen LogP contribution is 2.19. The summed E-state index contributed by atoms with van der Waals surface area (Å²) in [5.74, 6) is 0. The minimum absolute atomic E-state index is 0.0694. The lowest BCUT2D eigenvalue weighted by molar-refractivity contribution is 0.187. The van der Waals surface area contributed by atoms with E-state index in [-0.39, 0.29) is 19.3 Å². The Labute approximate surface area is 69.4 Å². The van der Waals surface area contributed by atoms with E-state index in [2.05, 4.69) is 20.8 Å². The number of rotatable bonds is 3. The number of unbranched alkanes of at least 4 members (excludes halogenated alkanes) is 1. The minimum atomic E-state index is 0.0694. The van der Waals surface area contributed by atoms with Gasteiger partial charge in [-0.05, 0) is 20.2 Å². The van der Waals surface area contributed by atoms with Crippen LogP contribution in [0.2, 0.25) is 6.32 Å². The van der Waals surface area contributed by atoms with Crippen molar-refractivity contribution in [1.82, 2.24) is 0 Å². The van der Waals surface area contributed by atoms with Crippen LogP contribution in [0.5, 0.6) is 0 Å². The standard InChI is InChI=1S/C8H17BO2/c1-4-5-6-9-10-7(2)8(3)11-9/h7-8H,4-6H2,1-3H3/t7-,8-/m0/s1. The summed E-state index contributed by atoms with van der Waals surface area (Å²) in [7, 11) is 0.0694. The van der Waals surface area contributed by atoms with Crippen LogP contribution in [0, 0.1) is 0 Å². The first-order valence-corrected chi connectivity index (χ1v) is 4.55. The van der Waals surface area contributed by atoms with Crippen LogP contribution in [-0.2, 0) is 9.31 Å². The van der Waals surface area contributed by atoms with Crippen LogP contribution in [-0.4, -0.2) is 19.3 Å². The van der Waals surface area contributed by atoms with E-state index in [1.165, 1.54) is 12.8 Å². The van der Waals surface area contributed by atoms with Gasteiger partial charge in [0.15, 0.2) is 0 Å². The van der Waals surface area contributed by atoms with Crippen molar-refractivity contribution in [3.63, 3.8) is 0 Å². The Balaban J connectivity index is 2.18. The summed E-state index contributed by atoms with van der Waals surface area (Å²) in [5.41, 5.74) is 0. The molecular formula is C8H17BO2. The molecule has 1 aliphatic heterocycles. The number of hydrogen-bond donors (Lipinski definition) is 0. The Hall–Kier alpha value is -0.0151. The maximum Gasteiger partial charge on any atom is 0.457 e. The Morgan fingerprint density at radius 1 is 1.18 bits per heavy atom. The van der Waals surface area contributed by atoms with Crippen molar-refractivity contribution in [3.05, 3.63) is 0 Å². The molecule has 3 heteroatoms. The van der Waals surface area contributed by atoms with Gasteiger partial charge in [0, 0.05) is 0 Å². The topological polar surface area (TPSA) is 18.5 Å². The van der Waals surface area contributed by atoms with E-state index in [9.17, 15) is 0 Å². The molecule has 0 aliphatic carbocycles. The van der Waals surface area contributed by atoms with E-state index < -0.39 is 0 Å². The van der Waals surface area contributed by atoms with Crippen LogP contribution >= 0.6 is 0 Å². The van der Waals surface area contributed by atoms with Gasteiger partial charge in [0.25, 0.3) is 0 Å². The highest BCUT2D eigenvalue weighted by Gasteiger charge is 2.33. The second kappa shape index (κ2) is 4.12. The lowest BCUT2D eigenvalue weighted by Crippen LogP contribution is -2.14. The number of hydrogen-bond acceptors (Lipinski definition) is 2. The zero-order valence-corrected chi connectivity index (χ0v) is 7.67. The quantitative estimate of drug-likeness (QED) is 0.582. The fraction of sp³-hybridized carbons (Fsp3) is 1.00. The molecule has 0 aromatic carbocycles. The van der Waals surface area contributed by atoms with Crippen molar-refractivity contribution in [1.29, 1.82) is 0 Å². The zero-order valence-electron chi connectivity index (χ0n) is 7.67. The second-order valence-corrected chi connectivity index (χ2v) is 3.25. The molecule has 2 nitrogen and oxygen atoms in total. The maximum atomic E-state index is 5.55. The molecule has 0 amide bonds. The van der Waals surface area contributed by atoms with Crippen LogP contribution in [0.25, 0.3) is 0 Å². The summed E-state index contributed by atoms with van der Waals surface area (Å²) >= 11 is 0. The fourth-order valence-corrected chi connectivity index (χ4v) is 1.24. The lowest BCUT2D eigenvalue weighted by Gasteiger charge is -2.04. The van der Waals surface area contributed by atoms with E-state index in [0.717, 1.165) is 6.32 Å². The third kappa shape index (κ3) is 2.49. The van der Waals surface area contributed by atoms with Gasteiger partial charge in [0.2, 0.25) is 0 Å². The molecule has 0 aromatic rings. The van der Waals surface area contributed by atoms with Crippen LogP contribution in [0.3, 0.4) is 0 Å². The largest absolute Gasteiger partial charge is 0.457 e. The first-order chi connectivity index (χ1) is 5.24. The van der Waals surface area contributed by atoms with E-state index in [4.69, 9.17) is 9.31 Å². The second-order valence-electron chi connectivity index (χ2n) is 3.25. The first kappa shape index (κ1) is 9.08. The first-order valence-electron chi connectivity index (χ1n) is 4.55. The van der Waals surface area contributed by atoms with Crippen LogP contribution in [0.1, 0.15) is 33.6 Å². The van der Waals surface area contributed by atoms with Crippen molar-refractivity contribution in [2.75, 3.05) is 0 Å². The molecule has 0 unspecified atom stereocenters. The SMILES string of the molecule is CCCCB1O[C@@H](C)[C@H](C)O1. The van der Waals surface area contributed by atoms with E-state index in [1.807, 2.05) is 0 Å². The third-order valence-corrected chi connectivity index (χ3v) is 2.19.